The van der Waals surface area contributed by atoms with E-state index in [1.807, 2.05) is 5.32 Å². The average Bonchev–Trinajstić information content (AvgIpc) is 2.68. The second-order valence-electron chi connectivity index (χ2n) is 4.23. The molecule has 1 saturated heterocycles. The van der Waals surface area contributed by atoms with Gasteiger partial charge in [-0.1, -0.05) is 19.2 Å². The fourth-order valence-electron chi connectivity index (χ4n) is 1.89. The van der Waals surface area contributed by atoms with Gasteiger partial charge in [0.25, 0.3) is 0 Å². The molecule has 0 aromatic heterocycles. The molecule has 0 saturated carbocycles. The maximum Gasteiger partial charge on any atom is 0.410 e. The van der Waals surface area contributed by atoms with Crippen molar-refractivity contribution in [2.75, 3.05) is 6.54 Å². The molecule has 1 aliphatic heterocycles. The summed E-state index contributed by atoms with van der Waals surface area (Å²) in [6.07, 6.45) is -4.07. The molecule has 3 atom stereocenters. The first-order valence-corrected chi connectivity index (χ1v) is 5.64. The predicted octanol–water partition coefficient (Wildman–Crippen LogP) is 2.76. The second kappa shape index (κ2) is 6.18. The molecule has 0 aromatic carbocycles. The van der Waals surface area contributed by atoms with Crippen molar-refractivity contribution in [1.82, 2.24) is 10.6 Å². The minimum absolute atomic E-state index is 0.143. The lowest BCUT2D eigenvalue weighted by molar-refractivity contribution is -0.159. The van der Waals surface area contributed by atoms with Crippen molar-refractivity contribution in [1.29, 1.82) is 0 Å². The van der Waals surface area contributed by atoms with Crippen molar-refractivity contribution < 1.29 is 22.0 Å². The molecular formula is C12H15F5N2. The molecule has 0 bridgehead atoms. The third kappa shape index (κ3) is 4.34. The van der Waals surface area contributed by atoms with Crippen molar-refractivity contribution in [2.45, 2.75) is 30.9 Å². The zero-order valence-electron chi connectivity index (χ0n) is 10.1. The van der Waals surface area contributed by atoms with Crippen LogP contribution in [0.25, 0.3) is 0 Å². The highest BCUT2D eigenvalue weighted by Gasteiger charge is 2.47. The molecule has 2 unspecified atom stereocenters. The van der Waals surface area contributed by atoms with Gasteiger partial charge < -0.3 is 10.6 Å². The Morgan fingerprint density at radius 1 is 1.42 bits per heavy atom. The number of hydrogen-bond acceptors (Lipinski definition) is 2. The normalized spacial score (nSPS) is 26.1. The molecule has 19 heavy (non-hydrogen) atoms. The third-order valence-electron chi connectivity index (χ3n) is 2.75. The van der Waals surface area contributed by atoms with Gasteiger partial charge >= 0.3 is 6.18 Å². The molecule has 0 aromatic rings. The zero-order valence-corrected chi connectivity index (χ0v) is 10.1. The molecule has 0 radical (unpaired) electrons. The van der Waals surface area contributed by atoms with E-state index in [0.717, 1.165) is 12.2 Å². The smallest absolute Gasteiger partial charge is 0.370 e. The van der Waals surface area contributed by atoms with Gasteiger partial charge in [0.1, 0.15) is 18.0 Å². The summed E-state index contributed by atoms with van der Waals surface area (Å²) in [7, 11) is 0. The van der Waals surface area contributed by atoms with Crippen molar-refractivity contribution >= 4 is 0 Å². The van der Waals surface area contributed by atoms with Crippen LogP contribution in [-0.2, 0) is 0 Å². The Bertz CT molecular complexity index is 375. The fraction of sp³-hybridized carbons (Fsp3) is 0.500. The molecule has 7 heteroatoms. The Labute approximate surface area is 108 Å². The van der Waals surface area contributed by atoms with E-state index in [0.29, 0.717) is 0 Å². The molecule has 0 aliphatic carbocycles. The van der Waals surface area contributed by atoms with Gasteiger partial charge in [-0.2, -0.15) is 13.2 Å². The highest BCUT2D eigenvalue weighted by molar-refractivity contribution is 5.26. The highest BCUT2D eigenvalue weighted by Crippen LogP contribution is 2.28. The van der Waals surface area contributed by atoms with Gasteiger partial charge in [0.15, 0.2) is 0 Å². The van der Waals surface area contributed by atoms with Gasteiger partial charge in [-0.15, -0.1) is 0 Å². The van der Waals surface area contributed by atoms with Crippen LogP contribution in [0.3, 0.4) is 0 Å². The van der Waals surface area contributed by atoms with E-state index in [1.165, 1.54) is 0 Å². The lowest BCUT2D eigenvalue weighted by Gasteiger charge is -2.28. The fourth-order valence-corrected chi connectivity index (χ4v) is 1.89. The monoisotopic (exact) mass is 282 g/mol. The summed E-state index contributed by atoms with van der Waals surface area (Å²) < 4.78 is 64.8. The quantitative estimate of drug-likeness (QED) is 0.598. The standard InChI is InChI=1S/C12H15F5N2/c1-3-4-9(7(2)13)19-11(12(15,16)17)10-5-8(14)6-18-10/h3-4,8,10-11,18-19H,1-2,5-6H2/b9-4+/t8-,10?,11?/m1/s1. The van der Waals surface area contributed by atoms with Crippen LogP contribution in [0.5, 0.6) is 0 Å². The highest BCUT2D eigenvalue weighted by atomic mass is 19.4. The van der Waals surface area contributed by atoms with Crippen molar-refractivity contribution in [3.8, 4) is 0 Å². The summed E-state index contributed by atoms with van der Waals surface area (Å²) in [6.45, 7) is 6.08. The maximum atomic E-state index is 13.0. The lowest BCUT2D eigenvalue weighted by atomic mass is 10.0. The molecule has 0 amide bonds. The van der Waals surface area contributed by atoms with Crippen LogP contribution in [-0.4, -0.2) is 31.0 Å². The van der Waals surface area contributed by atoms with Gasteiger partial charge in [-0.05, 0) is 12.5 Å². The summed E-state index contributed by atoms with van der Waals surface area (Å²) in [5, 5.41) is 4.45. The first-order valence-electron chi connectivity index (χ1n) is 5.64. The van der Waals surface area contributed by atoms with Crippen LogP contribution in [0.4, 0.5) is 22.0 Å². The van der Waals surface area contributed by atoms with Gasteiger partial charge in [-0.3, -0.25) is 0 Å². The summed E-state index contributed by atoms with van der Waals surface area (Å²) in [6, 6.07) is -3.24. The van der Waals surface area contributed by atoms with Crippen LogP contribution in [0.2, 0.25) is 0 Å². The number of allylic oxidation sites excluding steroid dienone is 3. The molecule has 1 fully saturated rings. The minimum atomic E-state index is -4.64. The zero-order chi connectivity index (χ0) is 14.6. The molecule has 0 spiro atoms. The summed E-state index contributed by atoms with van der Waals surface area (Å²) >= 11 is 0. The van der Waals surface area contributed by atoms with Gasteiger partial charge in [0.2, 0.25) is 0 Å². The number of halogens is 5. The van der Waals surface area contributed by atoms with Crippen LogP contribution >= 0.6 is 0 Å². The Hall–Kier alpha value is -1.37. The summed E-state index contributed by atoms with van der Waals surface area (Å²) in [5.41, 5.74) is -0.415. The predicted molar refractivity (Wildman–Crippen MR) is 62.8 cm³/mol. The first kappa shape index (κ1) is 15.7. The molecule has 108 valence electrons. The lowest BCUT2D eigenvalue weighted by Crippen LogP contribution is -2.53. The Morgan fingerprint density at radius 2 is 2.05 bits per heavy atom. The van der Waals surface area contributed by atoms with E-state index in [9.17, 15) is 22.0 Å². The van der Waals surface area contributed by atoms with E-state index >= 15 is 0 Å². The number of nitrogens with one attached hydrogen (secondary N) is 2. The van der Waals surface area contributed by atoms with E-state index in [-0.39, 0.29) is 13.0 Å². The van der Waals surface area contributed by atoms with E-state index in [4.69, 9.17) is 0 Å². The molecule has 2 N–H and O–H groups in total. The van der Waals surface area contributed by atoms with Gasteiger partial charge in [0, 0.05) is 12.6 Å². The molecule has 1 aliphatic rings. The topological polar surface area (TPSA) is 24.1 Å². The molecule has 1 heterocycles. The number of alkyl halides is 4. The summed E-state index contributed by atoms with van der Waals surface area (Å²) in [4.78, 5) is 0. The van der Waals surface area contributed by atoms with Crippen LogP contribution < -0.4 is 10.6 Å². The maximum absolute atomic E-state index is 13.0. The SMILES string of the molecule is C=C/C=C(/NC(C1C[C@@H](F)CN1)C(F)(F)F)C(=C)F. The average molecular weight is 282 g/mol. The van der Waals surface area contributed by atoms with Gasteiger partial charge in [-0.25, -0.2) is 8.78 Å². The molecule has 2 nitrogen and oxygen atoms in total. The number of rotatable bonds is 5. The van der Waals surface area contributed by atoms with Crippen molar-refractivity contribution in [2.24, 2.45) is 0 Å². The van der Waals surface area contributed by atoms with Crippen molar-refractivity contribution in [3.05, 3.63) is 36.8 Å². The van der Waals surface area contributed by atoms with E-state index in [1.54, 1.807) is 0 Å². The van der Waals surface area contributed by atoms with E-state index < -0.39 is 36.0 Å². The Morgan fingerprint density at radius 3 is 2.42 bits per heavy atom. The van der Waals surface area contributed by atoms with Gasteiger partial charge in [0.05, 0.1) is 5.70 Å². The minimum Gasteiger partial charge on any atom is -0.370 e. The largest absolute Gasteiger partial charge is 0.410 e. The second-order valence-corrected chi connectivity index (χ2v) is 4.23. The Kier molecular flexibility index (Phi) is 5.11. The van der Waals surface area contributed by atoms with E-state index in [2.05, 4.69) is 18.5 Å². The third-order valence-corrected chi connectivity index (χ3v) is 2.75. The van der Waals surface area contributed by atoms with Crippen LogP contribution in [0.15, 0.2) is 36.8 Å². The first-order chi connectivity index (χ1) is 8.75. The summed E-state index contributed by atoms with van der Waals surface area (Å²) in [5.74, 6) is -1.04. The number of hydrogen-bond donors (Lipinski definition) is 2. The van der Waals surface area contributed by atoms with Crippen LogP contribution in [0.1, 0.15) is 6.42 Å². The Balaban J connectivity index is 2.89. The van der Waals surface area contributed by atoms with Crippen LogP contribution in [0, 0.1) is 0 Å². The molecular weight excluding hydrogens is 267 g/mol. The van der Waals surface area contributed by atoms with Crippen molar-refractivity contribution in [3.63, 3.8) is 0 Å². The molecule has 1 rings (SSSR count).